The van der Waals surface area contributed by atoms with Crippen LogP contribution in [0.3, 0.4) is 0 Å². The maximum absolute atomic E-state index is 12.0. The Balaban J connectivity index is 1.69. The molecule has 0 spiro atoms. The van der Waals surface area contributed by atoms with Crippen molar-refractivity contribution in [2.45, 2.75) is 59.0 Å². The van der Waals surface area contributed by atoms with Gasteiger partial charge in [0.2, 0.25) is 5.91 Å². The lowest BCUT2D eigenvalue weighted by Crippen LogP contribution is -2.32. The number of carbonyl (C=O) groups is 1. The third-order valence-corrected chi connectivity index (χ3v) is 4.79. The Morgan fingerprint density at radius 1 is 1.36 bits per heavy atom. The number of rotatable bonds is 6. The average Bonchev–Trinajstić information content (AvgIpc) is 2.72. The summed E-state index contributed by atoms with van der Waals surface area (Å²) < 4.78 is 7.74. The van der Waals surface area contributed by atoms with E-state index in [4.69, 9.17) is 4.74 Å². The molecule has 2 atom stereocenters. The number of hydrogen-bond acceptors (Lipinski definition) is 3. The predicted molar refractivity (Wildman–Crippen MR) is 86.8 cm³/mol. The quantitative estimate of drug-likeness (QED) is 0.820. The lowest BCUT2D eigenvalue weighted by atomic mass is 9.88. The van der Waals surface area contributed by atoms with Gasteiger partial charge in [-0.05, 0) is 32.6 Å². The first-order valence-electron chi connectivity index (χ1n) is 8.36. The number of carbonyl (C=O) groups excluding carboxylic acids is 1. The number of aromatic nitrogens is 2. The second kappa shape index (κ2) is 7.77. The van der Waals surface area contributed by atoms with Crippen LogP contribution < -0.4 is 5.32 Å². The van der Waals surface area contributed by atoms with Crippen molar-refractivity contribution >= 4 is 5.91 Å². The number of hydrogen-bond donors (Lipinski definition) is 1. The zero-order valence-corrected chi connectivity index (χ0v) is 14.3. The highest BCUT2D eigenvalue weighted by molar-refractivity contribution is 5.79. The van der Waals surface area contributed by atoms with E-state index in [-0.39, 0.29) is 5.91 Å². The van der Waals surface area contributed by atoms with Crippen molar-refractivity contribution in [2.24, 2.45) is 13.0 Å². The van der Waals surface area contributed by atoms with E-state index in [1.807, 2.05) is 25.6 Å². The SMILES string of the molecule is Cc1nn(C)c(C)c1CC(=O)NCCO[C@H]1CCCC[C@@H]1C. The van der Waals surface area contributed by atoms with Crippen molar-refractivity contribution in [3.05, 3.63) is 17.0 Å². The molecule has 0 unspecified atom stereocenters. The molecular weight excluding hydrogens is 278 g/mol. The first-order chi connectivity index (χ1) is 10.5. The lowest BCUT2D eigenvalue weighted by molar-refractivity contribution is -0.120. The molecule has 0 saturated heterocycles. The van der Waals surface area contributed by atoms with Gasteiger partial charge in [-0.1, -0.05) is 19.8 Å². The van der Waals surface area contributed by atoms with Gasteiger partial charge in [-0.25, -0.2) is 0 Å². The Labute approximate surface area is 133 Å². The fourth-order valence-corrected chi connectivity index (χ4v) is 3.23. The molecule has 1 aromatic rings. The summed E-state index contributed by atoms with van der Waals surface area (Å²) in [5, 5.41) is 7.29. The minimum atomic E-state index is 0.0412. The first kappa shape index (κ1) is 17.0. The molecule has 1 amide bonds. The zero-order valence-electron chi connectivity index (χ0n) is 14.3. The third-order valence-electron chi connectivity index (χ3n) is 4.79. The molecule has 2 rings (SSSR count). The van der Waals surface area contributed by atoms with Crippen LogP contribution in [0, 0.1) is 19.8 Å². The van der Waals surface area contributed by atoms with Crippen molar-refractivity contribution in [3.63, 3.8) is 0 Å². The highest BCUT2D eigenvalue weighted by atomic mass is 16.5. The second-order valence-electron chi connectivity index (χ2n) is 6.47. The van der Waals surface area contributed by atoms with Gasteiger partial charge in [-0.2, -0.15) is 5.10 Å². The summed E-state index contributed by atoms with van der Waals surface area (Å²) in [6, 6.07) is 0. The van der Waals surface area contributed by atoms with Gasteiger partial charge in [-0.15, -0.1) is 0 Å². The van der Waals surface area contributed by atoms with E-state index < -0.39 is 0 Å². The van der Waals surface area contributed by atoms with Crippen LogP contribution in [0.4, 0.5) is 0 Å². The molecule has 22 heavy (non-hydrogen) atoms. The van der Waals surface area contributed by atoms with Gasteiger partial charge in [0.15, 0.2) is 0 Å². The van der Waals surface area contributed by atoms with Crippen LogP contribution in [-0.2, 0) is 23.0 Å². The van der Waals surface area contributed by atoms with E-state index in [2.05, 4.69) is 17.3 Å². The number of nitrogens with one attached hydrogen (secondary N) is 1. The van der Waals surface area contributed by atoms with Crippen molar-refractivity contribution in [3.8, 4) is 0 Å². The maximum Gasteiger partial charge on any atom is 0.224 e. The van der Waals surface area contributed by atoms with E-state index in [0.717, 1.165) is 23.4 Å². The smallest absolute Gasteiger partial charge is 0.224 e. The summed E-state index contributed by atoms with van der Waals surface area (Å²) in [5.41, 5.74) is 3.02. The Morgan fingerprint density at radius 3 is 2.73 bits per heavy atom. The van der Waals surface area contributed by atoms with Crippen molar-refractivity contribution < 1.29 is 9.53 Å². The van der Waals surface area contributed by atoms with E-state index in [9.17, 15) is 4.79 Å². The molecule has 1 fully saturated rings. The molecule has 124 valence electrons. The van der Waals surface area contributed by atoms with E-state index in [1.54, 1.807) is 0 Å². The number of ether oxygens (including phenoxy) is 1. The Bertz CT molecular complexity index is 510. The predicted octanol–water partition coefficient (Wildman–Crippen LogP) is 2.29. The van der Waals surface area contributed by atoms with Crippen LogP contribution in [0.2, 0.25) is 0 Å². The normalized spacial score (nSPS) is 21.8. The summed E-state index contributed by atoms with van der Waals surface area (Å²) in [4.78, 5) is 12.0. The molecule has 5 heteroatoms. The average molecular weight is 307 g/mol. The van der Waals surface area contributed by atoms with Gasteiger partial charge < -0.3 is 10.1 Å². The minimum Gasteiger partial charge on any atom is -0.376 e. The Morgan fingerprint density at radius 2 is 2.09 bits per heavy atom. The molecule has 1 aliphatic carbocycles. The summed E-state index contributed by atoms with van der Waals surface area (Å²) in [7, 11) is 1.91. The van der Waals surface area contributed by atoms with Gasteiger partial charge in [0, 0.05) is 24.8 Å². The van der Waals surface area contributed by atoms with Gasteiger partial charge >= 0.3 is 0 Å². The van der Waals surface area contributed by atoms with Crippen LogP contribution in [0.5, 0.6) is 0 Å². The standard InChI is InChI=1S/C17H29N3O2/c1-12-7-5-6-8-16(12)22-10-9-18-17(21)11-15-13(2)19-20(4)14(15)3/h12,16H,5-11H2,1-4H3,(H,18,21)/t12-,16-/m0/s1. The van der Waals surface area contributed by atoms with Crippen LogP contribution in [0.25, 0.3) is 0 Å². The van der Waals surface area contributed by atoms with Gasteiger partial charge in [-0.3, -0.25) is 9.48 Å². The Hall–Kier alpha value is -1.36. The lowest BCUT2D eigenvalue weighted by Gasteiger charge is -2.28. The molecule has 1 aliphatic rings. The van der Waals surface area contributed by atoms with Gasteiger partial charge in [0.25, 0.3) is 0 Å². The molecule has 5 nitrogen and oxygen atoms in total. The van der Waals surface area contributed by atoms with E-state index >= 15 is 0 Å². The molecule has 0 aromatic carbocycles. The number of nitrogens with zero attached hydrogens (tertiary/aromatic N) is 2. The number of amides is 1. The van der Waals surface area contributed by atoms with Gasteiger partial charge in [0.1, 0.15) is 0 Å². The highest BCUT2D eigenvalue weighted by Crippen LogP contribution is 2.25. The summed E-state index contributed by atoms with van der Waals surface area (Å²) in [5.74, 6) is 0.685. The topological polar surface area (TPSA) is 56.2 Å². The maximum atomic E-state index is 12.0. The van der Waals surface area contributed by atoms with Gasteiger partial charge in [0.05, 0.1) is 24.8 Å². The van der Waals surface area contributed by atoms with E-state index in [1.165, 1.54) is 19.3 Å². The van der Waals surface area contributed by atoms with Crippen molar-refractivity contribution in [1.29, 1.82) is 0 Å². The number of aryl methyl sites for hydroxylation is 2. The molecule has 1 heterocycles. The van der Waals surface area contributed by atoms with Crippen LogP contribution in [-0.4, -0.2) is 34.9 Å². The fraction of sp³-hybridized carbons (Fsp3) is 0.765. The molecular formula is C17H29N3O2. The van der Waals surface area contributed by atoms with E-state index in [0.29, 0.717) is 31.6 Å². The summed E-state index contributed by atoms with van der Waals surface area (Å²) in [6.45, 7) is 7.39. The first-order valence-corrected chi connectivity index (χ1v) is 8.36. The minimum absolute atomic E-state index is 0.0412. The molecule has 1 aromatic heterocycles. The van der Waals surface area contributed by atoms with Crippen LogP contribution in [0.1, 0.15) is 49.6 Å². The molecule has 0 bridgehead atoms. The van der Waals surface area contributed by atoms with Crippen LogP contribution >= 0.6 is 0 Å². The molecule has 1 N–H and O–H groups in total. The summed E-state index contributed by atoms with van der Waals surface area (Å²) >= 11 is 0. The third kappa shape index (κ3) is 4.32. The van der Waals surface area contributed by atoms with Crippen molar-refractivity contribution in [1.82, 2.24) is 15.1 Å². The Kier molecular flexibility index (Phi) is 6.00. The second-order valence-corrected chi connectivity index (χ2v) is 6.47. The van der Waals surface area contributed by atoms with Crippen molar-refractivity contribution in [2.75, 3.05) is 13.2 Å². The molecule has 0 radical (unpaired) electrons. The highest BCUT2D eigenvalue weighted by Gasteiger charge is 2.21. The summed E-state index contributed by atoms with van der Waals surface area (Å²) in [6.07, 6.45) is 5.77. The molecule has 1 saturated carbocycles. The monoisotopic (exact) mass is 307 g/mol. The largest absolute Gasteiger partial charge is 0.376 e. The zero-order chi connectivity index (χ0) is 16.1. The fourth-order valence-electron chi connectivity index (χ4n) is 3.23. The molecule has 0 aliphatic heterocycles. The van der Waals surface area contributed by atoms with Crippen LogP contribution in [0.15, 0.2) is 0 Å².